The summed E-state index contributed by atoms with van der Waals surface area (Å²) in [5.41, 5.74) is 2.91. The third-order valence-corrected chi connectivity index (χ3v) is 3.90. The molecular formula is C18H17NOS. The summed E-state index contributed by atoms with van der Waals surface area (Å²) in [7, 11) is 1.75. The van der Waals surface area contributed by atoms with E-state index in [0.717, 1.165) is 16.1 Å². The Morgan fingerprint density at radius 2 is 1.76 bits per heavy atom. The van der Waals surface area contributed by atoms with Gasteiger partial charge in [0.25, 0.3) is 0 Å². The Balaban J connectivity index is 2.19. The molecule has 2 rings (SSSR count). The monoisotopic (exact) mass is 295 g/mol. The summed E-state index contributed by atoms with van der Waals surface area (Å²) in [6.07, 6.45) is 2.00. The summed E-state index contributed by atoms with van der Waals surface area (Å²) >= 11 is 1.62. The summed E-state index contributed by atoms with van der Waals surface area (Å²) in [5.74, 6) is 5.40. The number of carbonyl (C=O) groups is 1. The first-order valence-electron chi connectivity index (χ1n) is 6.61. The van der Waals surface area contributed by atoms with Crippen molar-refractivity contribution in [2.75, 3.05) is 18.2 Å². The van der Waals surface area contributed by atoms with Crippen molar-refractivity contribution in [3.63, 3.8) is 0 Å². The van der Waals surface area contributed by atoms with E-state index in [0.29, 0.717) is 0 Å². The normalized spacial score (nSPS) is 9.67. The van der Waals surface area contributed by atoms with Crippen molar-refractivity contribution >= 4 is 23.4 Å². The minimum absolute atomic E-state index is 0.211. The molecule has 0 bridgehead atoms. The number of hydrogen-bond acceptors (Lipinski definition) is 2. The molecule has 0 aromatic heterocycles. The summed E-state index contributed by atoms with van der Waals surface area (Å²) < 4.78 is 0. The van der Waals surface area contributed by atoms with E-state index in [1.54, 1.807) is 23.7 Å². The van der Waals surface area contributed by atoms with Gasteiger partial charge in [0.2, 0.25) is 0 Å². The van der Waals surface area contributed by atoms with Crippen LogP contribution < -0.4 is 4.90 Å². The zero-order valence-electron chi connectivity index (χ0n) is 12.4. The van der Waals surface area contributed by atoms with E-state index >= 15 is 0 Å². The molecule has 0 fully saturated rings. The van der Waals surface area contributed by atoms with Gasteiger partial charge in [-0.05, 0) is 37.4 Å². The molecule has 0 aliphatic rings. The predicted molar refractivity (Wildman–Crippen MR) is 89.7 cm³/mol. The molecule has 2 aromatic rings. The maximum Gasteiger partial charge on any atom is 0.303 e. The number of aryl methyl sites for hydroxylation is 1. The van der Waals surface area contributed by atoms with Gasteiger partial charge in [-0.3, -0.25) is 4.79 Å². The predicted octanol–water partition coefficient (Wildman–Crippen LogP) is 3.73. The Labute approximate surface area is 130 Å². The lowest BCUT2D eigenvalue weighted by molar-refractivity contribution is -0.113. The van der Waals surface area contributed by atoms with E-state index in [1.807, 2.05) is 61.7 Å². The molecule has 0 atom stereocenters. The molecule has 0 spiro atoms. The van der Waals surface area contributed by atoms with Gasteiger partial charge in [-0.25, -0.2) is 0 Å². The molecule has 0 saturated heterocycles. The molecule has 0 saturated carbocycles. The van der Waals surface area contributed by atoms with Gasteiger partial charge >= 0.3 is 5.91 Å². The number of para-hydroxylation sites is 1. The largest absolute Gasteiger partial charge is 0.304 e. The number of carbonyl (C=O) groups excluding carboxylic acids is 1. The average molecular weight is 295 g/mol. The highest BCUT2D eigenvalue weighted by atomic mass is 32.2. The molecule has 106 valence electrons. The SMILES string of the molecule is CSc1ccccc1N(C)C(=O)C#Cc1ccc(C)cc1. The average Bonchev–Trinajstić information content (AvgIpc) is 2.53. The van der Waals surface area contributed by atoms with E-state index < -0.39 is 0 Å². The fraction of sp³-hybridized carbons (Fsp3) is 0.167. The fourth-order valence-corrected chi connectivity index (χ4v) is 2.49. The van der Waals surface area contributed by atoms with Crippen molar-refractivity contribution in [2.24, 2.45) is 0 Å². The Hall–Kier alpha value is -2.18. The molecule has 0 aliphatic carbocycles. The van der Waals surface area contributed by atoms with E-state index in [-0.39, 0.29) is 5.91 Å². The second kappa shape index (κ2) is 7.01. The molecule has 0 aliphatic heterocycles. The summed E-state index contributed by atoms with van der Waals surface area (Å²) in [6, 6.07) is 15.6. The van der Waals surface area contributed by atoms with E-state index in [4.69, 9.17) is 0 Å². The van der Waals surface area contributed by atoms with Crippen LogP contribution in [-0.4, -0.2) is 19.2 Å². The lowest BCUT2D eigenvalue weighted by Gasteiger charge is -2.17. The van der Waals surface area contributed by atoms with Gasteiger partial charge in [0.1, 0.15) is 0 Å². The molecule has 21 heavy (non-hydrogen) atoms. The quantitative estimate of drug-likeness (QED) is 0.621. The van der Waals surface area contributed by atoms with Crippen molar-refractivity contribution in [1.82, 2.24) is 0 Å². The zero-order valence-corrected chi connectivity index (χ0v) is 13.2. The van der Waals surface area contributed by atoms with Gasteiger partial charge in [-0.2, -0.15) is 0 Å². The summed E-state index contributed by atoms with van der Waals surface area (Å²) in [4.78, 5) is 14.8. The Morgan fingerprint density at radius 1 is 1.10 bits per heavy atom. The van der Waals surface area contributed by atoms with Crippen LogP contribution in [0.2, 0.25) is 0 Å². The minimum Gasteiger partial charge on any atom is -0.304 e. The van der Waals surface area contributed by atoms with Crippen LogP contribution >= 0.6 is 11.8 Å². The third-order valence-electron chi connectivity index (χ3n) is 3.12. The van der Waals surface area contributed by atoms with Crippen LogP contribution in [0, 0.1) is 18.8 Å². The van der Waals surface area contributed by atoms with Crippen LogP contribution in [-0.2, 0) is 4.79 Å². The maximum absolute atomic E-state index is 12.2. The number of nitrogens with zero attached hydrogens (tertiary/aromatic N) is 1. The molecule has 0 radical (unpaired) electrons. The van der Waals surface area contributed by atoms with Gasteiger partial charge in [0.05, 0.1) is 5.69 Å². The maximum atomic E-state index is 12.2. The molecule has 0 heterocycles. The van der Waals surface area contributed by atoms with Crippen molar-refractivity contribution in [1.29, 1.82) is 0 Å². The van der Waals surface area contributed by atoms with Crippen LogP contribution in [0.4, 0.5) is 5.69 Å². The van der Waals surface area contributed by atoms with E-state index in [1.165, 1.54) is 5.56 Å². The van der Waals surface area contributed by atoms with Crippen LogP contribution in [0.25, 0.3) is 0 Å². The molecule has 0 unspecified atom stereocenters. The molecular weight excluding hydrogens is 278 g/mol. The lowest BCUT2D eigenvalue weighted by Crippen LogP contribution is -2.25. The molecule has 2 nitrogen and oxygen atoms in total. The van der Waals surface area contributed by atoms with Crippen molar-refractivity contribution in [2.45, 2.75) is 11.8 Å². The van der Waals surface area contributed by atoms with Crippen molar-refractivity contribution < 1.29 is 4.79 Å². The van der Waals surface area contributed by atoms with Crippen molar-refractivity contribution in [3.8, 4) is 11.8 Å². The molecule has 3 heteroatoms. The van der Waals surface area contributed by atoms with Crippen LogP contribution in [0.15, 0.2) is 53.4 Å². The number of thioether (sulfide) groups is 1. The number of amides is 1. The highest BCUT2D eigenvalue weighted by molar-refractivity contribution is 7.98. The summed E-state index contributed by atoms with van der Waals surface area (Å²) in [6.45, 7) is 2.02. The second-order valence-electron chi connectivity index (χ2n) is 4.65. The first-order chi connectivity index (χ1) is 10.1. The van der Waals surface area contributed by atoms with E-state index in [2.05, 4.69) is 11.8 Å². The number of benzene rings is 2. The smallest absolute Gasteiger partial charge is 0.303 e. The van der Waals surface area contributed by atoms with Crippen molar-refractivity contribution in [3.05, 3.63) is 59.7 Å². The van der Waals surface area contributed by atoms with Crippen LogP contribution in [0.1, 0.15) is 11.1 Å². The third kappa shape index (κ3) is 3.90. The first kappa shape index (κ1) is 15.2. The number of rotatable bonds is 2. The fourth-order valence-electron chi connectivity index (χ4n) is 1.86. The van der Waals surface area contributed by atoms with Crippen LogP contribution in [0.3, 0.4) is 0 Å². The van der Waals surface area contributed by atoms with Gasteiger partial charge in [-0.15, -0.1) is 11.8 Å². The van der Waals surface area contributed by atoms with Gasteiger partial charge < -0.3 is 4.90 Å². The first-order valence-corrected chi connectivity index (χ1v) is 7.83. The Bertz CT molecular complexity index is 695. The molecule has 1 amide bonds. The number of anilines is 1. The van der Waals surface area contributed by atoms with Gasteiger partial charge in [-0.1, -0.05) is 35.7 Å². The number of hydrogen-bond donors (Lipinski definition) is 0. The Kier molecular flexibility index (Phi) is 5.08. The highest BCUT2D eigenvalue weighted by Crippen LogP contribution is 2.27. The van der Waals surface area contributed by atoms with Gasteiger partial charge in [0.15, 0.2) is 0 Å². The standard InChI is InChI=1S/C18H17NOS/c1-14-8-10-15(11-9-14)12-13-18(20)19(2)16-6-4-5-7-17(16)21-3/h4-11H,1-3H3. The second-order valence-corrected chi connectivity index (χ2v) is 5.50. The molecule has 2 aromatic carbocycles. The molecule has 0 N–H and O–H groups in total. The van der Waals surface area contributed by atoms with E-state index in [9.17, 15) is 4.79 Å². The van der Waals surface area contributed by atoms with Gasteiger partial charge in [0, 0.05) is 23.4 Å². The lowest BCUT2D eigenvalue weighted by atomic mass is 10.1. The zero-order chi connectivity index (χ0) is 15.2. The summed E-state index contributed by atoms with van der Waals surface area (Å²) in [5, 5.41) is 0. The topological polar surface area (TPSA) is 20.3 Å². The Morgan fingerprint density at radius 3 is 2.43 bits per heavy atom. The van der Waals surface area contributed by atoms with Crippen LogP contribution in [0.5, 0.6) is 0 Å². The minimum atomic E-state index is -0.211. The highest BCUT2D eigenvalue weighted by Gasteiger charge is 2.11.